The highest BCUT2D eigenvalue weighted by atomic mass is 16.4. The highest BCUT2D eigenvalue weighted by Crippen LogP contribution is 2.30. The molecule has 0 saturated heterocycles. The molecule has 19 heavy (non-hydrogen) atoms. The van der Waals surface area contributed by atoms with E-state index in [4.69, 9.17) is 5.11 Å². The van der Waals surface area contributed by atoms with Crippen LogP contribution in [0.2, 0.25) is 0 Å². The van der Waals surface area contributed by atoms with E-state index in [0.29, 0.717) is 5.56 Å². The van der Waals surface area contributed by atoms with Crippen molar-refractivity contribution in [1.29, 1.82) is 0 Å². The van der Waals surface area contributed by atoms with Crippen molar-refractivity contribution in [1.82, 2.24) is 0 Å². The van der Waals surface area contributed by atoms with Crippen molar-refractivity contribution in [2.45, 2.75) is 0 Å². The van der Waals surface area contributed by atoms with Crippen LogP contribution < -0.4 is 0 Å². The van der Waals surface area contributed by atoms with Gasteiger partial charge in [0, 0.05) is 0 Å². The predicted molar refractivity (Wildman–Crippen MR) is 78.1 cm³/mol. The Bertz CT molecular complexity index is 816. The normalized spacial score (nSPS) is 10.7. The van der Waals surface area contributed by atoms with Crippen molar-refractivity contribution in [2.24, 2.45) is 0 Å². The molecule has 0 saturated carbocycles. The molecular formula is C17H12O2. The Morgan fingerprint density at radius 1 is 0.842 bits per heavy atom. The highest BCUT2D eigenvalue weighted by Gasteiger charge is 2.11. The molecule has 0 atom stereocenters. The Balaban J connectivity index is 2.41. The first-order valence-electron chi connectivity index (χ1n) is 6.01. The van der Waals surface area contributed by atoms with Gasteiger partial charge in [-0.2, -0.15) is 0 Å². The van der Waals surface area contributed by atoms with E-state index < -0.39 is 5.97 Å². The molecule has 2 nitrogen and oxygen atoms in total. The van der Waals surface area contributed by atoms with Gasteiger partial charge in [0.05, 0.1) is 5.57 Å². The van der Waals surface area contributed by atoms with Crippen LogP contribution >= 0.6 is 0 Å². The second kappa shape index (κ2) is 4.25. The van der Waals surface area contributed by atoms with E-state index in [0.717, 1.165) is 21.5 Å². The van der Waals surface area contributed by atoms with Gasteiger partial charge in [-0.3, -0.25) is 0 Å². The number of rotatable bonds is 2. The maximum atomic E-state index is 11.1. The Morgan fingerprint density at radius 3 is 2.37 bits per heavy atom. The molecule has 3 rings (SSSR count). The highest BCUT2D eigenvalue weighted by molar-refractivity contribution is 6.20. The van der Waals surface area contributed by atoms with Gasteiger partial charge in [-0.1, -0.05) is 61.2 Å². The number of carboxylic acids is 1. The fourth-order valence-electron chi connectivity index (χ4n) is 2.42. The van der Waals surface area contributed by atoms with Gasteiger partial charge in [-0.25, -0.2) is 4.79 Å². The monoisotopic (exact) mass is 248 g/mol. The van der Waals surface area contributed by atoms with Gasteiger partial charge >= 0.3 is 5.97 Å². The van der Waals surface area contributed by atoms with Crippen LogP contribution in [-0.2, 0) is 4.79 Å². The summed E-state index contributed by atoms with van der Waals surface area (Å²) in [4.78, 5) is 11.1. The van der Waals surface area contributed by atoms with Gasteiger partial charge in [0.15, 0.2) is 0 Å². The molecule has 92 valence electrons. The molecule has 1 N–H and O–H groups in total. The largest absolute Gasteiger partial charge is 0.478 e. The Morgan fingerprint density at radius 2 is 1.58 bits per heavy atom. The minimum absolute atomic E-state index is 0.126. The molecule has 0 heterocycles. The molecule has 0 aliphatic rings. The predicted octanol–water partition coefficient (Wildman–Crippen LogP) is 4.09. The van der Waals surface area contributed by atoms with E-state index in [1.165, 1.54) is 0 Å². The summed E-state index contributed by atoms with van der Waals surface area (Å²) in [7, 11) is 0. The van der Waals surface area contributed by atoms with Crippen LogP contribution in [0.15, 0.2) is 61.2 Å². The Labute approximate surface area is 110 Å². The molecule has 0 spiro atoms. The average Bonchev–Trinajstić information content (AvgIpc) is 2.45. The van der Waals surface area contributed by atoms with Crippen LogP contribution in [0.25, 0.3) is 27.1 Å². The second-order valence-corrected chi connectivity index (χ2v) is 4.47. The van der Waals surface area contributed by atoms with Crippen molar-refractivity contribution in [2.75, 3.05) is 0 Å². The van der Waals surface area contributed by atoms with E-state index >= 15 is 0 Å². The van der Waals surface area contributed by atoms with Crippen LogP contribution in [0, 0.1) is 0 Å². The van der Waals surface area contributed by atoms with Crippen molar-refractivity contribution in [3.63, 3.8) is 0 Å². The van der Waals surface area contributed by atoms with E-state index in [9.17, 15) is 4.79 Å². The van der Waals surface area contributed by atoms with Crippen LogP contribution in [-0.4, -0.2) is 11.1 Å². The molecule has 0 radical (unpaired) electrons. The summed E-state index contributed by atoms with van der Waals surface area (Å²) in [6.45, 7) is 3.66. The summed E-state index contributed by atoms with van der Waals surface area (Å²) in [5, 5.41) is 13.4. The SMILES string of the molecule is C=C(C(=O)O)c1cccc2c1ccc1ccccc12. The zero-order valence-corrected chi connectivity index (χ0v) is 10.3. The third kappa shape index (κ3) is 1.78. The maximum absolute atomic E-state index is 11.1. The quantitative estimate of drug-likeness (QED) is 0.548. The number of hydrogen-bond acceptors (Lipinski definition) is 1. The van der Waals surface area contributed by atoms with E-state index in [2.05, 4.69) is 6.58 Å². The topological polar surface area (TPSA) is 37.3 Å². The summed E-state index contributed by atoms with van der Waals surface area (Å²) in [5.74, 6) is -0.986. The van der Waals surface area contributed by atoms with Gasteiger partial charge in [0.1, 0.15) is 0 Å². The molecule has 0 fully saturated rings. The van der Waals surface area contributed by atoms with Gasteiger partial charge < -0.3 is 5.11 Å². The molecule has 0 aliphatic heterocycles. The Hall–Kier alpha value is -2.61. The summed E-state index contributed by atoms with van der Waals surface area (Å²) in [5.41, 5.74) is 0.802. The van der Waals surface area contributed by atoms with Crippen molar-refractivity contribution < 1.29 is 9.90 Å². The molecule has 3 aromatic rings. The molecule has 0 unspecified atom stereocenters. The summed E-state index contributed by atoms with van der Waals surface area (Å²) < 4.78 is 0. The summed E-state index contributed by atoms with van der Waals surface area (Å²) in [6, 6.07) is 17.7. The van der Waals surface area contributed by atoms with Crippen molar-refractivity contribution >= 4 is 33.1 Å². The van der Waals surface area contributed by atoms with Crippen LogP contribution in [0.1, 0.15) is 5.56 Å². The second-order valence-electron chi connectivity index (χ2n) is 4.47. The lowest BCUT2D eigenvalue weighted by Crippen LogP contribution is -1.98. The van der Waals surface area contributed by atoms with Crippen LogP contribution in [0.5, 0.6) is 0 Å². The molecular weight excluding hydrogens is 236 g/mol. The average molecular weight is 248 g/mol. The molecule has 3 aromatic carbocycles. The van der Waals surface area contributed by atoms with Crippen molar-refractivity contribution in [3.05, 3.63) is 66.7 Å². The van der Waals surface area contributed by atoms with Gasteiger partial charge in [0.2, 0.25) is 0 Å². The fourth-order valence-corrected chi connectivity index (χ4v) is 2.42. The number of hydrogen-bond donors (Lipinski definition) is 1. The standard InChI is InChI=1S/C17H12O2/c1-11(17(18)19)13-7-4-8-15-14-6-3-2-5-12(14)9-10-16(13)15/h2-10H,1H2,(H,18,19). The van der Waals surface area contributed by atoms with Gasteiger partial charge in [0.25, 0.3) is 0 Å². The Kier molecular flexibility index (Phi) is 2.57. The van der Waals surface area contributed by atoms with E-state index in [1.807, 2.05) is 48.5 Å². The lowest BCUT2D eigenvalue weighted by atomic mass is 9.95. The molecule has 0 amide bonds. The number of carbonyl (C=O) groups is 1. The number of fused-ring (bicyclic) bond motifs is 3. The van der Waals surface area contributed by atoms with Crippen LogP contribution in [0.4, 0.5) is 0 Å². The molecule has 0 aliphatic carbocycles. The fraction of sp³-hybridized carbons (Fsp3) is 0. The van der Waals surface area contributed by atoms with Gasteiger partial charge in [-0.05, 0) is 27.1 Å². The number of carboxylic acid groups (broad SMARTS) is 1. The van der Waals surface area contributed by atoms with E-state index in [-0.39, 0.29) is 5.57 Å². The molecule has 2 heteroatoms. The number of aliphatic carboxylic acids is 1. The van der Waals surface area contributed by atoms with Crippen molar-refractivity contribution in [3.8, 4) is 0 Å². The lowest BCUT2D eigenvalue weighted by Gasteiger charge is -2.09. The maximum Gasteiger partial charge on any atom is 0.335 e. The summed E-state index contributed by atoms with van der Waals surface area (Å²) >= 11 is 0. The lowest BCUT2D eigenvalue weighted by molar-refractivity contribution is -0.130. The minimum atomic E-state index is -0.986. The third-order valence-electron chi connectivity index (χ3n) is 3.37. The summed E-state index contributed by atoms with van der Waals surface area (Å²) in [6.07, 6.45) is 0. The first-order chi connectivity index (χ1) is 9.18. The van der Waals surface area contributed by atoms with Crippen LogP contribution in [0.3, 0.4) is 0 Å². The molecule has 0 bridgehead atoms. The first-order valence-corrected chi connectivity index (χ1v) is 6.01. The third-order valence-corrected chi connectivity index (χ3v) is 3.37. The minimum Gasteiger partial charge on any atom is -0.478 e. The molecule has 0 aromatic heterocycles. The zero-order valence-electron chi connectivity index (χ0n) is 10.3. The number of benzene rings is 3. The zero-order chi connectivity index (χ0) is 13.4. The first kappa shape index (κ1) is 11.5. The smallest absolute Gasteiger partial charge is 0.335 e. The van der Waals surface area contributed by atoms with Gasteiger partial charge in [-0.15, -0.1) is 0 Å². The van der Waals surface area contributed by atoms with E-state index in [1.54, 1.807) is 6.07 Å².